The van der Waals surface area contributed by atoms with Crippen LogP contribution in [0.4, 0.5) is 4.79 Å². The van der Waals surface area contributed by atoms with Gasteiger partial charge in [-0.1, -0.05) is 30.7 Å². The number of nitrogens with one attached hydrogen (secondary N) is 1. The molecule has 0 aliphatic heterocycles. The third kappa shape index (κ3) is 3.91. The Hall–Kier alpha value is -1.22. The zero-order chi connectivity index (χ0) is 13.5. The molecule has 2 amide bonds. The van der Waals surface area contributed by atoms with E-state index in [9.17, 15) is 4.79 Å². The van der Waals surface area contributed by atoms with Gasteiger partial charge in [-0.25, -0.2) is 4.79 Å². The number of nitrogens with zero attached hydrogens (tertiary/aromatic N) is 1. The summed E-state index contributed by atoms with van der Waals surface area (Å²) in [6.07, 6.45) is 0.856. The monoisotopic (exact) mass is 268 g/mol. The van der Waals surface area contributed by atoms with Gasteiger partial charge in [0.2, 0.25) is 0 Å². The van der Waals surface area contributed by atoms with Gasteiger partial charge in [0.15, 0.2) is 0 Å². The van der Waals surface area contributed by atoms with Crippen molar-refractivity contribution >= 4 is 17.6 Å². The number of rotatable bonds is 5. The number of hydrogen-bond acceptors (Lipinski definition) is 1. The highest BCUT2D eigenvalue weighted by atomic mass is 35.5. The second-order valence-electron chi connectivity index (χ2n) is 4.13. The van der Waals surface area contributed by atoms with Gasteiger partial charge in [-0.2, -0.15) is 0 Å². The minimum absolute atomic E-state index is 0.0122. The Labute approximate surface area is 114 Å². The first-order chi connectivity index (χ1) is 8.62. The molecule has 0 heterocycles. The van der Waals surface area contributed by atoms with Crippen molar-refractivity contribution in [2.24, 2.45) is 0 Å². The van der Waals surface area contributed by atoms with Crippen LogP contribution in [0, 0.1) is 0 Å². The molecule has 1 unspecified atom stereocenters. The third-order valence-corrected chi connectivity index (χ3v) is 3.28. The molecule has 18 heavy (non-hydrogen) atoms. The maximum atomic E-state index is 12.0. The summed E-state index contributed by atoms with van der Waals surface area (Å²) in [5.41, 5.74) is 1.09. The number of amides is 2. The van der Waals surface area contributed by atoms with Crippen molar-refractivity contribution in [3.63, 3.8) is 0 Å². The molecule has 4 heteroatoms. The molecule has 0 aliphatic carbocycles. The van der Waals surface area contributed by atoms with Gasteiger partial charge in [0.1, 0.15) is 0 Å². The number of carbonyl (C=O) groups excluding carboxylic acids is 1. The molecule has 1 rings (SSSR count). The molecular formula is C14H21ClN2O. The number of urea groups is 1. The predicted octanol–water partition coefficient (Wildman–Crippen LogP) is 3.84. The average molecular weight is 269 g/mol. The molecule has 0 saturated carbocycles. The lowest BCUT2D eigenvalue weighted by Gasteiger charge is -2.24. The Balaban J connectivity index is 2.73. The van der Waals surface area contributed by atoms with Crippen LogP contribution in [0.3, 0.4) is 0 Å². The number of benzene rings is 1. The minimum atomic E-state index is -0.0122. The van der Waals surface area contributed by atoms with Gasteiger partial charge in [0.05, 0.1) is 6.04 Å². The van der Waals surface area contributed by atoms with E-state index in [1.165, 1.54) is 0 Å². The maximum Gasteiger partial charge on any atom is 0.317 e. The molecule has 0 aliphatic rings. The van der Waals surface area contributed by atoms with Crippen molar-refractivity contribution in [1.29, 1.82) is 0 Å². The Morgan fingerprint density at radius 1 is 1.22 bits per heavy atom. The van der Waals surface area contributed by atoms with Crippen molar-refractivity contribution in [3.8, 4) is 0 Å². The standard InChI is InChI=1S/C14H21ClN2O/c1-4-13(11-7-9-12(15)10-8-11)16-14(18)17(5-2)6-3/h7-10,13H,4-6H2,1-3H3,(H,16,18). The summed E-state index contributed by atoms with van der Waals surface area (Å²) in [4.78, 5) is 13.8. The Kier molecular flexibility index (Phi) is 5.99. The summed E-state index contributed by atoms with van der Waals surface area (Å²) in [5.74, 6) is 0. The molecule has 1 atom stereocenters. The van der Waals surface area contributed by atoms with Crippen LogP contribution in [0.1, 0.15) is 38.8 Å². The van der Waals surface area contributed by atoms with Gasteiger partial charge >= 0.3 is 6.03 Å². The molecule has 3 nitrogen and oxygen atoms in total. The highest BCUT2D eigenvalue weighted by Crippen LogP contribution is 2.19. The zero-order valence-corrected chi connectivity index (χ0v) is 12.0. The van der Waals surface area contributed by atoms with Gasteiger partial charge < -0.3 is 10.2 Å². The number of hydrogen-bond donors (Lipinski definition) is 1. The smallest absolute Gasteiger partial charge is 0.317 e. The molecule has 0 spiro atoms. The summed E-state index contributed by atoms with van der Waals surface area (Å²) in [6.45, 7) is 7.46. The van der Waals surface area contributed by atoms with Crippen LogP contribution in [-0.4, -0.2) is 24.0 Å². The molecule has 1 aromatic rings. The van der Waals surface area contributed by atoms with Crippen LogP contribution in [0.2, 0.25) is 5.02 Å². The van der Waals surface area contributed by atoms with E-state index >= 15 is 0 Å². The molecule has 100 valence electrons. The lowest BCUT2D eigenvalue weighted by Crippen LogP contribution is -2.41. The Morgan fingerprint density at radius 3 is 2.22 bits per heavy atom. The van der Waals surface area contributed by atoms with E-state index in [-0.39, 0.29) is 12.1 Å². The van der Waals surface area contributed by atoms with Gasteiger partial charge in [-0.15, -0.1) is 0 Å². The quantitative estimate of drug-likeness (QED) is 0.865. The lowest BCUT2D eigenvalue weighted by atomic mass is 10.1. The first kappa shape index (κ1) is 14.8. The Morgan fingerprint density at radius 2 is 1.78 bits per heavy atom. The van der Waals surface area contributed by atoms with Gasteiger partial charge in [0, 0.05) is 18.1 Å². The van der Waals surface area contributed by atoms with Gasteiger partial charge in [-0.05, 0) is 38.0 Å². The average Bonchev–Trinajstić information content (AvgIpc) is 2.38. The highest BCUT2D eigenvalue weighted by Gasteiger charge is 2.15. The van der Waals surface area contributed by atoms with E-state index in [0.29, 0.717) is 5.02 Å². The molecule has 0 fully saturated rings. The van der Waals surface area contributed by atoms with Gasteiger partial charge in [-0.3, -0.25) is 0 Å². The normalized spacial score (nSPS) is 12.0. The van der Waals surface area contributed by atoms with Crippen LogP contribution in [0.25, 0.3) is 0 Å². The van der Waals surface area contributed by atoms with Gasteiger partial charge in [0.25, 0.3) is 0 Å². The fourth-order valence-electron chi connectivity index (χ4n) is 1.87. The first-order valence-corrected chi connectivity index (χ1v) is 6.81. The van der Waals surface area contributed by atoms with E-state index in [4.69, 9.17) is 11.6 Å². The van der Waals surface area contributed by atoms with E-state index < -0.39 is 0 Å². The Bertz CT molecular complexity index is 374. The van der Waals surface area contributed by atoms with E-state index in [0.717, 1.165) is 25.1 Å². The van der Waals surface area contributed by atoms with Crippen LogP contribution < -0.4 is 5.32 Å². The number of carbonyl (C=O) groups is 1. The van der Waals surface area contributed by atoms with Crippen LogP contribution in [0.15, 0.2) is 24.3 Å². The van der Waals surface area contributed by atoms with Crippen molar-refractivity contribution in [1.82, 2.24) is 10.2 Å². The first-order valence-electron chi connectivity index (χ1n) is 6.43. The van der Waals surface area contributed by atoms with Crippen molar-refractivity contribution in [3.05, 3.63) is 34.9 Å². The van der Waals surface area contributed by atoms with Crippen molar-refractivity contribution < 1.29 is 4.79 Å². The number of halogens is 1. The lowest BCUT2D eigenvalue weighted by molar-refractivity contribution is 0.198. The summed E-state index contributed by atoms with van der Waals surface area (Å²) in [6, 6.07) is 7.64. The van der Waals surface area contributed by atoms with Crippen LogP contribution in [0.5, 0.6) is 0 Å². The third-order valence-electron chi connectivity index (χ3n) is 3.03. The zero-order valence-electron chi connectivity index (χ0n) is 11.2. The second-order valence-corrected chi connectivity index (χ2v) is 4.57. The predicted molar refractivity (Wildman–Crippen MR) is 75.9 cm³/mol. The fourth-order valence-corrected chi connectivity index (χ4v) is 1.99. The van der Waals surface area contributed by atoms with Crippen LogP contribution >= 0.6 is 11.6 Å². The molecule has 0 bridgehead atoms. The highest BCUT2D eigenvalue weighted by molar-refractivity contribution is 6.30. The fraction of sp³-hybridized carbons (Fsp3) is 0.500. The molecule has 0 radical (unpaired) electrons. The largest absolute Gasteiger partial charge is 0.331 e. The van der Waals surface area contributed by atoms with E-state index in [1.54, 1.807) is 4.90 Å². The van der Waals surface area contributed by atoms with E-state index in [1.807, 2.05) is 38.1 Å². The van der Waals surface area contributed by atoms with Crippen LogP contribution in [-0.2, 0) is 0 Å². The maximum absolute atomic E-state index is 12.0. The molecule has 0 aromatic heterocycles. The molecule has 0 saturated heterocycles. The summed E-state index contributed by atoms with van der Waals surface area (Å²) >= 11 is 5.87. The van der Waals surface area contributed by atoms with Crippen molar-refractivity contribution in [2.75, 3.05) is 13.1 Å². The van der Waals surface area contributed by atoms with E-state index in [2.05, 4.69) is 12.2 Å². The summed E-state index contributed by atoms with van der Waals surface area (Å²) < 4.78 is 0. The molecule has 1 aromatic carbocycles. The topological polar surface area (TPSA) is 32.3 Å². The minimum Gasteiger partial charge on any atom is -0.331 e. The SMILES string of the molecule is CCC(NC(=O)N(CC)CC)c1ccc(Cl)cc1. The summed E-state index contributed by atoms with van der Waals surface area (Å²) in [7, 11) is 0. The molecular weight excluding hydrogens is 248 g/mol. The second kappa shape index (κ2) is 7.27. The van der Waals surface area contributed by atoms with Crippen molar-refractivity contribution in [2.45, 2.75) is 33.2 Å². The summed E-state index contributed by atoms with van der Waals surface area (Å²) in [5, 5.41) is 3.76. The molecule has 1 N–H and O–H groups in total.